The lowest BCUT2D eigenvalue weighted by molar-refractivity contribution is -0.154. The zero-order chi connectivity index (χ0) is 21.6. The molecule has 0 bridgehead atoms. The van der Waals surface area contributed by atoms with Crippen LogP contribution in [0.25, 0.3) is 0 Å². The van der Waals surface area contributed by atoms with E-state index in [1.54, 1.807) is 23.7 Å². The Morgan fingerprint density at radius 3 is 2.52 bits per heavy atom. The Labute approximate surface area is 177 Å². The molecule has 0 fully saturated rings. The first-order valence-electron chi connectivity index (χ1n) is 9.69. The standard InChI is InChI=1S/C22H30N2O4S/c1-15-18(16(2)28-23-15)14-29-19-11-8-7-10-17(19)21(26)24(6)13-9-12-20(25)27-22(3,4)5/h7-8,10-11H,9,12-14H2,1-6H3. The van der Waals surface area contributed by atoms with Crippen molar-refractivity contribution in [2.45, 2.75) is 63.7 Å². The summed E-state index contributed by atoms with van der Waals surface area (Å²) in [5.41, 5.74) is 2.10. The fraction of sp³-hybridized carbons (Fsp3) is 0.500. The van der Waals surface area contributed by atoms with Crippen molar-refractivity contribution in [3.05, 3.63) is 46.8 Å². The molecule has 0 atom stereocenters. The first kappa shape index (κ1) is 23.0. The lowest BCUT2D eigenvalue weighted by Gasteiger charge is -2.21. The molecule has 0 saturated heterocycles. The molecule has 0 aliphatic heterocycles. The lowest BCUT2D eigenvalue weighted by Crippen LogP contribution is -2.29. The highest BCUT2D eigenvalue weighted by atomic mass is 32.2. The third-order valence-corrected chi connectivity index (χ3v) is 5.41. The van der Waals surface area contributed by atoms with Crippen molar-refractivity contribution in [2.75, 3.05) is 13.6 Å². The highest BCUT2D eigenvalue weighted by Gasteiger charge is 2.19. The zero-order valence-electron chi connectivity index (χ0n) is 18.1. The number of amides is 1. The molecule has 0 aliphatic carbocycles. The van der Waals surface area contributed by atoms with Gasteiger partial charge in [-0.1, -0.05) is 17.3 Å². The van der Waals surface area contributed by atoms with Crippen molar-refractivity contribution < 1.29 is 18.8 Å². The molecule has 0 aliphatic rings. The van der Waals surface area contributed by atoms with Crippen molar-refractivity contribution in [3.63, 3.8) is 0 Å². The van der Waals surface area contributed by atoms with Crippen molar-refractivity contribution in [2.24, 2.45) is 0 Å². The highest BCUT2D eigenvalue weighted by Crippen LogP contribution is 2.29. The molecule has 1 amide bonds. The van der Waals surface area contributed by atoms with Crippen LogP contribution in [0.3, 0.4) is 0 Å². The van der Waals surface area contributed by atoms with Crippen LogP contribution in [0.15, 0.2) is 33.7 Å². The summed E-state index contributed by atoms with van der Waals surface area (Å²) in [6, 6.07) is 7.57. The Kier molecular flexibility index (Phi) is 7.90. The smallest absolute Gasteiger partial charge is 0.306 e. The maximum atomic E-state index is 12.9. The van der Waals surface area contributed by atoms with Gasteiger partial charge in [0.15, 0.2) is 0 Å². The zero-order valence-corrected chi connectivity index (χ0v) is 18.9. The van der Waals surface area contributed by atoms with Gasteiger partial charge in [-0.2, -0.15) is 0 Å². The molecular weight excluding hydrogens is 388 g/mol. The molecule has 7 heteroatoms. The molecule has 2 aromatic rings. The molecule has 0 radical (unpaired) electrons. The summed E-state index contributed by atoms with van der Waals surface area (Å²) >= 11 is 1.59. The third kappa shape index (κ3) is 6.92. The SMILES string of the molecule is Cc1noc(C)c1CSc1ccccc1C(=O)N(C)CCCC(=O)OC(C)(C)C. The second-order valence-electron chi connectivity index (χ2n) is 8.00. The number of thioether (sulfide) groups is 1. The van der Waals surface area contributed by atoms with E-state index >= 15 is 0 Å². The number of carbonyl (C=O) groups is 2. The van der Waals surface area contributed by atoms with Gasteiger partial charge in [-0.15, -0.1) is 11.8 Å². The van der Waals surface area contributed by atoms with Crippen LogP contribution in [-0.2, 0) is 15.3 Å². The molecule has 1 aromatic heterocycles. The first-order valence-corrected chi connectivity index (χ1v) is 10.7. The second kappa shape index (κ2) is 9.96. The van der Waals surface area contributed by atoms with E-state index in [1.165, 1.54) is 0 Å². The van der Waals surface area contributed by atoms with Crippen LogP contribution in [0.1, 0.15) is 61.0 Å². The van der Waals surface area contributed by atoms with Crippen LogP contribution in [0.4, 0.5) is 0 Å². The average molecular weight is 419 g/mol. The van der Waals surface area contributed by atoms with Gasteiger partial charge in [-0.3, -0.25) is 9.59 Å². The lowest BCUT2D eigenvalue weighted by atomic mass is 10.2. The maximum absolute atomic E-state index is 12.9. The summed E-state index contributed by atoms with van der Waals surface area (Å²) in [5, 5.41) is 3.98. The Hall–Kier alpha value is -2.28. The first-order chi connectivity index (χ1) is 13.6. The van der Waals surface area contributed by atoms with Gasteiger partial charge in [0.1, 0.15) is 11.4 Å². The number of aryl methyl sites for hydroxylation is 2. The molecule has 0 unspecified atom stereocenters. The van der Waals surface area contributed by atoms with Crippen molar-refractivity contribution in [1.29, 1.82) is 0 Å². The van der Waals surface area contributed by atoms with Crippen molar-refractivity contribution in [1.82, 2.24) is 10.1 Å². The van der Waals surface area contributed by atoms with E-state index in [4.69, 9.17) is 9.26 Å². The summed E-state index contributed by atoms with van der Waals surface area (Å²) in [4.78, 5) is 27.3. The van der Waals surface area contributed by atoms with Crippen LogP contribution in [0.2, 0.25) is 0 Å². The summed E-state index contributed by atoms with van der Waals surface area (Å²) in [6.45, 7) is 9.83. The van der Waals surface area contributed by atoms with Gasteiger partial charge in [-0.05, 0) is 53.2 Å². The van der Waals surface area contributed by atoms with E-state index in [-0.39, 0.29) is 18.3 Å². The average Bonchev–Trinajstić information content (AvgIpc) is 2.96. The van der Waals surface area contributed by atoms with E-state index in [0.717, 1.165) is 21.9 Å². The maximum Gasteiger partial charge on any atom is 0.306 e. The quantitative estimate of drug-likeness (QED) is 0.454. The summed E-state index contributed by atoms with van der Waals surface area (Å²) in [6.07, 6.45) is 0.850. The Bertz CT molecular complexity index is 835. The Balaban J connectivity index is 1.95. The van der Waals surface area contributed by atoms with E-state index in [1.807, 2.05) is 58.9 Å². The van der Waals surface area contributed by atoms with Crippen LogP contribution < -0.4 is 0 Å². The van der Waals surface area contributed by atoms with Gasteiger partial charge in [0.25, 0.3) is 5.91 Å². The number of hydrogen-bond donors (Lipinski definition) is 0. The van der Waals surface area contributed by atoms with Crippen LogP contribution in [0.5, 0.6) is 0 Å². The van der Waals surface area contributed by atoms with Gasteiger partial charge >= 0.3 is 5.97 Å². The third-order valence-electron chi connectivity index (χ3n) is 4.31. The van der Waals surface area contributed by atoms with Crippen LogP contribution >= 0.6 is 11.8 Å². The van der Waals surface area contributed by atoms with Gasteiger partial charge in [-0.25, -0.2) is 0 Å². The fourth-order valence-electron chi connectivity index (χ4n) is 2.79. The monoisotopic (exact) mass is 418 g/mol. The summed E-state index contributed by atoms with van der Waals surface area (Å²) < 4.78 is 10.5. The molecule has 1 heterocycles. The molecular formula is C22H30N2O4S. The topological polar surface area (TPSA) is 72.6 Å². The van der Waals surface area contributed by atoms with Gasteiger partial charge in [0, 0.05) is 36.2 Å². The van der Waals surface area contributed by atoms with Gasteiger partial charge in [0.05, 0.1) is 11.3 Å². The predicted octanol–water partition coefficient (Wildman–Crippen LogP) is 4.78. The number of rotatable bonds is 8. The number of carbonyl (C=O) groups excluding carboxylic acids is 2. The summed E-state index contributed by atoms with van der Waals surface area (Å²) in [7, 11) is 1.76. The molecule has 0 saturated carbocycles. The number of benzene rings is 1. The Morgan fingerprint density at radius 1 is 1.21 bits per heavy atom. The minimum absolute atomic E-state index is 0.0592. The number of aromatic nitrogens is 1. The molecule has 29 heavy (non-hydrogen) atoms. The molecule has 158 valence electrons. The van der Waals surface area contributed by atoms with Crippen LogP contribution in [0, 0.1) is 13.8 Å². The molecule has 1 aromatic carbocycles. The second-order valence-corrected chi connectivity index (χ2v) is 9.02. The van der Waals surface area contributed by atoms with Crippen molar-refractivity contribution >= 4 is 23.6 Å². The largest absolute Gasteiger partial charge is 0.460 e. The Morgan fingerprint density at radius 2 is 1.90 bits per heavy atom. The number of nitrogens with zero attached hydrogens (tertiary/aromatic N) is 2. The van der Waals surface area contributed by atoms with E-state index in [0.29, 0.717) is 24.3 Å². The van der Waals surface area contributed by atoms with E-state index in [9.17, 15) is 9.59 Å². The van der Waals surface area contributed by atoms with Gasteiger partial charge in [0.2, 0.25) is 0 Å². The highest BCUT2D eigenvalue weighted by molar-refractivity contribution is 7.98. The van der Waals surface area contributed by atoms with Crippen molar-refractivity contribution in [3.8, 4) is 0 Å². The summed E-state index contributed by atoms with van der Waals surface area (Å²) in [5.74, 6) is 1.19. The normalized spacial score (nSPS) is 11.4. The fourth-order valence-corrected chi connectivity index (χ4v) is 3.98. The number of esters is 1. The molecule has 2 rings (SSSR count). The van der Waals surface area contributed by atoms with E-state index < -0.39 is 5.60 Å². The molecule has 6 nitrogen and oxygen atoms in total. The van der Waals surface area contributed by atoms with E-state index in [2.05, 4.69) is 5.16 Å². The van der Waals surface area contributed by atoms with Crippen LogP contribution in [-0.4, -0.2) is 41.1 Å². The number of hydrogen-bond acceptors (Lipinski definition) is 6. The number of ether oxygens (including phenoxy) is 1. The minimum atomic E-state index is -0.490. The minimum Gasteiger partial charge on any atom is -0.460 e. The molecule has 0 spiro atoms. The molecule has 0 N–H and O–H groups in total. The van der Waals surface area contributed by atoms with Gasteiger partial charge < -0.3 is 14.2 Å². The predicted molar refractivity (Wildman–Crippen MR) is 114 cm³/mol.